The Morgan fingerprint density at radius 1 is 0.368 bits per heavy atom. The molecule has 1 aliphatic rings. The second-order valence-corrected chi connectivity index (χ2v) is 45.3. The van der Waals surface area contributed by atoms with E-state index in [0.717, 1.165) is 0 Å². The van der Waals surface area contributed by atoms with Crippen LogP contribution >= 0.6 is 0 Å². The Kier molecular flexibility index (Phi) is 18.8. The summed E-state index contributed by atoms with van der Waals surface area (Å²) >= 11 is 0. The first-order valence-electron chi connectivity index (χ1n) is 30.5. The summed E-state index contributed by atoms with van der Waals surface area (Å²) < 4.78 is 5.37. The van der Waals surface area contributed by atoms with Gasteiger partial charge in [-0.05, 0) is 186 Å². The van der Waals surface area contributed by atoms with Crippen LogP contribution < -0.4 is 35.9 Å². The van der Waals surface area contributed by atoms with Crippen LogP contribution in [0.5, 0.6) is 0 Å². The largest absolute Gasteiger partial charge is 0.881 e. The first-order chi connectivity index (χ1) is 35.2. The molecule has 0 radical (unpaired) electrons. The van der Waals surface area contributed by atoms with Crippen LogP contribution in [0.4, 0.5) is 0 Å². The minimum Gasteiger partial charge on any atom is -0.881 e. The highest BCUT2D eigenvalue weighted by molar-refractivity contribution is 7.95. The number of aromatic nitrogens is 2. The van der Waals surface area contributed by atoms with Gasteiger partial charge in [-0.1, -0.05) is 215 Å². The standard InChI is InChI=1S/C70H108N2OSi3/c1-39(2)53-31-57(43(9)10)65(58(32-53)44(11)12)74-70(73)75(69-71(51(25)26)29-30-72(69)52(27)28,66-59(45(13)14)33-54(40(3)4)34-60(66)46(15)16)76(74,67-61(47(17)18)35-55(41(5)6)36-62(67)48(19)20)68-63(49(21)22)37-56(42(7)8)38-64(68)50(23)24/h29-52H,1-28H3. The molecule has 0 saturated heterocycles. The molecule has 1 unspecified atom stereocenters. The predicted molar refractivity (Wildman–Crippen MR) is 341 cm³/mol. The number of imidazole rings is 1. The second kappa shape index (κ2) is 23.2. The van der Waals surface area contributed by atoms with Crippen LogP contribution in [0, 0.1) is 0 Å². The fourth-order valence-electron chi connectivity index (χ4n) is 13.4. The van der Waals surface area contributed by atoms with Gasteiger partial charge >= 0.3 is 0 Å². The van der Waals surface area contributed by atoms with Gasteiger partial charge in [-0.2, -0.15) is 0 Å². The number of hydrogen-bond acceptors (Lipinski definition) is 1. The lowest BCUT2D eigenvalue weighted by Gasteiger charge is -2.64. The van der Waals surface area contributed by atoms with E-state index in [1.807, 2.05) is 0 Å². The molecule has 4 aromatic carbocycles. The normalized spacial score (nSPS) is 16.4. The van der Waals surface area contributed by atoms with Crippen molar-refractivity contribution >= 4 is 53.8 Å². The van der Waals surface area contributed by atoms with Crippen LogP contribution in [-0.4, -0.2) is 32.2 Å². The highest BCUT2D eigenvalue weighted by atomic mass is 29.6. The Bertz CT molecular complexity index is 2710. The van der Waals surface area contributed by atoms with E-state index in [1.165, 1.54) is 82.6 Å². The van der Waals surface area contributed by atoms with Crippen molar-refractivity contribution in [2.75, 3.05) is 0 Å². The molecule has 3 nitrogen and oxygen atoms in total. The highest BCUT2D eigenvalue weighted by Gasteiger charge is 2.77. The van der Waals surface area contributed by atoms with E-state index in [1.54, 1.807) is 10.4 Å². The van der Waals surface area contributed by atoms with E-state index in [-0.39, 0.29) is 59.4 Å². The molecule has 1 atom stereocenters. The number of rotatable bonds is 19. The first kappa shape index (κ1) is 61.6. The van der Waals surface area contributed by atoms with Crippen molar-refractivity contribution in [2.45, 2.75) is 277 Å². The zero-order valence-electron chi connectivity index (χ0n) is 53.7. The van der Waals surface area contributed by atoms with Gasteiger partial charge in [-0.3, -0.25) is 0 Å². The van der Waals surface area contributed by atoms with E-state index in [9.17, 15) is 0 Å². The fourth-order valence-corrected chi connectivity index (χ4v) is 55.7. The van der Waals surface area contributed by atoms with Gasteiger partial charge in [-0.25, -0.2) is 9.13 Å². The summed E-state index contributed by atoms with van der Waals surface area (Å²) in [5.74, 6) is 3.18. The molecule has 1 aliphatic heterocycles. The zero-order chi connectivity index (χ0) is 57.3. The van der Waals surface area contributed by atoms with E-state index in [4.69, 9.17) is 0 Å². The van der Waals surface area contributed by atoms with Crippen LogP contribution in [0.3, 0.4) is 0 Å². The molecule has 2 heterocycles. The number of nitrogens with zero attached hydrogens (tertiary/aromatic N) is 2. The third-order valence-electron chi connectivity index (χ3n) is 17.7. The Morgan fingerprint density at radius 3 is 0.868 bits per heavy atom. The molecule has 6 rings (SSSR count). The predicted octanol–water partition coefficient (Wildman–Crippen LogP) is 15.4. The maximum atomic E-state index is 19.0. The third-order valence-corrected chi connectivity index (χ3v) is 48.1. The molecule has 0 spiro atoms. The molecular formula is C70H108N2OSi3. The van der Waals surface area contributed by atoms with E-state index >= 15 is 5.11 Å². The number of benzene rings is 4. The van der Waals surface area contributed by atoms with Gasteiger partial charge in [0.2, 0.25) is 13.0 Å². The molecule has 0 N–H and O–H groups in total. The van der Waals surface area contributed by atoms with Gasteiger partial charge in [0.05, 0.1) is 12.1 Å². The number of hydrogen-bond donors (Lipinski definition) is 0. The maximum Gasteiger partial charge on any atom is 0.234 e. The SMILES string of the molecule is CC(C)c1cc(C(C)C)c([Si]2=C([O-])[Si](c3c(C(C)C)cc(C(C)C)cc3C(C)C)(c3n(C(C)C)cc[n+]3C(C)C)[Si]2(c2c(C(C)C)cc(C(C)C)cc2C(C)C)c2c(C(C)C)cc(C(C)C)cc2C(C)C)c(C(C)C)c1. The first-order valence-corrected chi connectivity index (χ1v) is 38.0. The van der Waals surface area contributed by atoms with Crippen LogP contribution in [0.2, 0.25) is 0 Å². The summed E-state index contributed by atoms with van der Waals surface area (Å²) in [5.41, 5.74) is 18.8. The van der Waals surface area contributed by atoms with E-state index < -0.39 is 22.6 Å². The lowest BCUT2D eigenvalue weighted by molar-refractivity contribution is -0.699. The summed E-state index contributed by atoms with van der Waals surface area (Å²) in [7, 11) is -9.84. The minimum absolute atomic E-state index is 0.132. The Labute approximate surface area is 470 Å². The van der Waals surface area contributed by atoms with Crippen molar-refractivity contribution in [3.63, 3.8) is 0 Å². The molecule has 0 fully saturated rings. The van der Waals surface area contributed by atoms with Gasteiger partial charge in [0.15, 0.2) is 0 Å². The topological polar surface area (TPSA) is 31.9 Å². The molecule has 76 heavy (non-hydrogen) atoms. The zero-order valence-corrected chi connectivity index (χ0v) is 56.7. The lowest BCUT2D eigenvalue weighted by atomic mass is 9.89. The van der Waals surface area contributed by atoms with Crippen LogP contribution in [0.15, 0.2) is 60.9 Å². The van der Waals surface area contributed by atoms with Crippen molar-refractivity contribution in [1.29, 1.82) is 0 Å². The monoisotopic (exact) mass is 1080 g/mol. The summed E-state index contributed by atoms with van der Waals surface area (Å²) in [6, 6.07) is 21.5. The molecule has 1 aromatic heterocycles. The quantitative estimate of drug-likeness (QED) is 0.0599. The molecule has 0 aliphatic carbocycles. The van der Waals surface area contributed by atoms with Gasteiger partial charge in [-0.15, -0.1) is 4.98 Å². The highest BCUT2D eigenvalue weighted by Crippen LogP contribution is 2.44. The van der Waals surface area contributed by atoms with Crippen molar-refractivity contribution < 1.29 is 9.67 Å². The lowest BCUT2D eigenvalue weighted by Crippen LogP contribution is -3.07. The van der Waals surface area contributed by atoms with Crippen LogP contribution in [0.25, 0.3) is 0 Å². The van der Waals surface area contributed by atoms with Crippen molar-refractivity contribution in [3.05, 3.63) is 128 Å². The molecular weight excluding hydrogens is 969 g/mol. The van der Waals surface area contributed by atoms with Crippen LogP contribution in [-0.2, 0) is 0 Å². The average Bonchev–Trinajstić information content (AvgIpc) is 3.78. The van der Waals surface area contributed by atoms with Crippen molar-refractivity contribution in [1.82, 2.24) is 4.57 Å². The van der Waals surface area contributed by atoms with Crippen molar-refractivity contribution in [3.8, 4) is 0 Å². The molecule has 0 bridgehead atoms. The summed E-state index contributed by atoms with van der Waals surface area (Å²) in [4.78, 5) is 0.649. The molecule has 6 heteroatoms. The summed E-state index contributed by atoms with van der Waals surface area (Å²) in [6.07, 6.45) is 4.83. The Morgan fingerprint density at radius 2 is 0.632 bits per heavy atom. The van der Waals surface area contributed by atoms with Gasteiger partial charge in [0.1, 0.15) is 19.5 Å². The third kappa shape index (κ3) is 10.2. The fraction of sp³-hybridized carbons (Fsp3) is 0.600. The Balaban J connectivity index is 2.37. The smallest absolute Gasteiger partial charge is 0.234 e. The Hall–Kier alpha value is -3.59. The van der Waals surface area contributed by atoms with Gasteiger partial charge in [0.25, 0.3) is 0 Å². The molecule has 416 valence electrons. The molecule has 0 saturated carbocycles. The average molecular weight is 1080 g/mol. The van der Waals surface area contributed by atoms with E-state index in [2.05, 4.69) is 264 Å². The maximum absolute atomic E-state index is 19.0. The molecule has 0 amide bonds. The second-order valence-electron chi connectivity index (χ2n) is 28.0. The van der Waals surface area contributed by atoms with Crippen LogP contribution in [0.1, 0.15) is 344 Å². The molecule has 5 aromatic rings. The summed E-state index contributed by atoms with van der Waals surface area (Å²) in [6.45, 7) is 68.2. The van der Waals surface area contributed by atoms with Gasteiger partial charge < -0.3 is 5.11 Å². The van der Waals surface area contributed by atoms with E-state index in [0.29, 0.717) is 28.6 Å². The minimum atomic E-state index is -3.92. The van der Waals surface area contributed by atoms with Crippen molar-refractivity contribution in [2.24, 2.45) is 0 Å². The van der Waals surface area contributed by atoms with Gasteiger partial charge in [0, 0.05) is 7.93 Å². The summed E-state index contributed by atoms with van der Waals surface area (Å²) in [5, 5.41) is 25.3.